The smallest absolute Gasteiger partial charge is 0.282 e. The van der Waals surface area contributed by atoms with Gasteiger partial charge < -0.3 is 10.6 Å². The van der Waals surface area contributed by atoms with Gasteiger partial charge in [0.05, 0.1) is 21.1 Å². The number of carbonyl (C=O) groups excluding carboxylic acids is 2. The molecule has 0 saturated carbocycles. The number of carbonyl (C=O) groups is 2. The standard InChI is InChI=1S/C34H22N6O6/c41-33(26-10-4-6-12-29(26)39(43)44)35-23-16-14-22(15-17-23)32-37-28-20-24(36-34(42)27-11-5-7-13-30(27)40(45)46)18-19-25(28)31(38-32)21-8-2-1-3-9-21/h1-20H,(H,35,41)(H,36,42). The van der Waals surface area contributed by atoms with Gasteiger partial charge in [0.2, 0.25) is 0 Å². The van der Waals surface area contributed by atoms with E-state index in [-0.39, 0.29) is 22.5 Å². The fourth-order valence-electron chi connectivity index (χ4n) is 4.90. The number of nitro groups is 2. The molecule has 5 aromatic carbocycles. The van der Waals surface area contributed by atoms with Gasteiger partial charge in [-0.25, -0.2) is 9.97 Å². The van der Waals surface area contributed by atoms with Crippen molar-refractivity contribution in [2.75, 3.05) is 10.6 Å². The first kappa shape index (κ1) is 29.3. The first-order valence-corrected chi connectivity index (χ1v) is 13.9. The second kappa shape index (κ2) is 12.4. The number of anilines is 2. The van der Waals surface area contributed by atoms with Gasteiger partial charge in [-0.1, -0.05) is 54.6 Å². The number of rotatable bonds is 8. The van der Waals surface area contributed by atoms with Crippen molar-refractivity contribution in [3.8, 4) is 22.6 Å². The summed E-state index contributed by atoms with van der Waals surface area (Å²) in [6.45, 7) is 0. The van der Waals surface area contributed by atoms with E-state index in [1.165, 1.54) is 36.4 Å². The average Bonchev–Trinajstić information content (AvgIpc) is 3.08. The third kappa shape index (κ3) is 5.98. The Morgan fingerprint density at radius 3 is 1.67 bits per heavy atom. The molecule has 0 aliphatic carbocycles. The molecule has 1 heterocycles. The molecule has 0 radical (unpaired) electrons. The second-order valence-electron chi connectivity index (χ2n) is 10.0. The summed E-state index contributed by atoms with van der Waals surface area (Å²) in [4.78, 5) is 56.9. The Balaban J connectivity index is 1.34. The lowest BCUT2D eigenvalue weighted by Gasteiger charge is -2.12. The van der Waals surface area contributed by atoms with Gasteiger partial charge in [-0.3, -0.25) is 29.8 Å². The summed E-state index contributed by atoms with van der Waals surface area (Å²) < 4.78 is 0. The van der Waals surface area contributed by atoms with E-state index in [1.807, 2.05) is 30.3 Å². The van der Waals surface area contributed by atoms with Crippen molar-refractivity contribution < 1.29 is 19.4 Å². The van der Waals surface area contributed by atoms with E-state index in [0.717, 1.165) is 5.56 Å². The third-order valence-corrected chi connectivity index (χ3v) is 7.09. The summed E-state index contributed by atoms with van der Waals surface area (Å²) in [5, 5.41) is 28.9. The number of nitrogens with zero attached hydrogens (tertiary/aromatic N) is 4. The molecule has 2 amide bonds. The largest absolute Gasteiger partial charge is 0.322 e. The highest BCUT2D eigenvalue weighted by Gasteiger charge is 2.21. The van der Waals surface area contributed by atoms with E-state index in [4.69, 9.17) is 9.97 Å². The van der Waals surface area contributed by atoms with Crippen LogP contribution in [0.15, 0.2) is 121 Å². The Morgan fingerprint density at radius 1 is 0.565 bits per heavy atom. The molecule has 0 spiro atoms. The minimum atomic E-state index is -0.636. The highest BCUT2D eigenvalue weighted by atomic mass is 16.6. The highest BCUT2D eigenvalue weighted by Crippen LogP contribution is 2.31. The zero-order valence-corrected chi connectivity index (χ0v) is 23.8. The number of amides is 2. The van der Waals surface area contributed by atoms with Gasteiger partial charge in [0.15, 0.2) is 5.82 Å². The van der Waals surface area contributed by atoms with Gasteiger partial charge in [0.1, 0.15) is 11.1 Å². The van der Waals surface area contributed by atoms with Crippen LogP contribution in [0.25, 0.3) is 33.5 Å². The van der Waals surface area contributed by atoms with E-state index in [0.29, 0.717) is 39.4 Å². The van der Waals surface area contributed by atoms with Gasteiger partial charge in [-0.15, -0.1) is 0 Å². The van der Waals surface area contributed by atoms with Crippen molar-refractivity contribution in [2.45, 2.75) is 0 Å². The summed E-state index contributed by atoms with van der Waals surface area (Å²) in [6.07, 6.45) is 0. The molecule has 6 rings (SSSR count). The first-order chi connectivity index (χ1) is 22.3. The maximum Gasteiger partial charge on any atom is 0.282 e. The fourth-order valence-corrected chi connectivity index (χ4v) is 4.90. The number of hydrogen-bond donors (Lipinski definition) is 2. The molecule has 1 aromatic heterocycles. The number of para-hydroxylation sites is 2. The molecule has 0 unspecified atom stereocenters. The van der Waals surface area contributed by atoms with Crippen LogP contribution < -0.4 is 10.6 Å². The van der Waals surface area contributed by atoms with E-state index < -0.39 is 21.7 Å². The van der Waals surface area contributed by atoms with Crippen LogP contribution in [0.1, 0.15) is 20.7 Å². The van der Waals surface area contributed by atoms with Crippen molar-refractivity contribution >= 4 is 45.5 Å². The number of hydrogen-bond acceptors (Lipinski definition) is 8. The molecule has 0 bridgehead atoms. The van der Waals surface area contributed by atoms with Crippen LogP contribution in [0.4, 0.5) is 22.7 Å². The Hall–Kier alpha value is -6.82. The molecule has 0 fully saturated rings. The highest BCUT2D eigenvalue weighted by molar-refractivity contribution is 6.08. The Bertz CT molecular complexity index is 2150. The van der Waals surface area contributed by atoms with Gasteiger partial charge >= 0.3 is 0 Å². The summed E-state index contributed by atoms with van der Waals surface area (Å²) in [6, 6.07) is 32.7. The Kier molecular flexibility index (Phi) is 7.90. The quantitative estimate of drug-likeness (QED) is 0.134. The van der Waals surface area contributed by atoms with Gasteiger partial charge in [0.25, 0.3) is 23.2 Å². The van der Waals surface area contributed by atoms with Crippen LogP contribution in [-0.2, 0) is 0 Å². The zero-order chi connectivity index (χ0) is 32.2. The molecular formula is C34H22N6O6. The number of fused-ring (bicyclic) bond motifs is 1. The van der Waals surface area contributed by atoms with Gasteiger partial charge in [-0.05, 0) is 54.6 Å². The zero-order valence-electron chi connectivity index (χ0n) is 23.8. The lowest BCUT2D eigenvalue weighted by Crippen LogP contribution is -2.14. The molecule has 0 aliphatic heterocycles. The predicted molar refractivity (Wildman–Crippen MR) is 173 cm³/mol. The van der Waals surface area contributed by atoms with Crippen molar-refractivity contribution in [2.24, 2.45) is 0 Å². The fraction of sp³-hybridized carbons (Fsp3) is 0. The van der Waals surface area contributed by atoms with E-state index in [2.05, 4.69) is 10.6 Å². The second-order valence-corrected chi connectivity index (χ2v) is 10.0. The molecule has 46 heavy (non-hydrogen) atoms. The summed E-state index contributed by atoms with van der Waals surface area (Å²) in [7, 11) is 0. The van der Waals surface area contributed by atoms with Crippen LogP contribution >= 0.6 is 0 Å². The first-order valence-electron chi connectivity index (χ1n) is 13.9. The summed E-state index contributed by atoms with van der Waals surface area (Å²) in [5.74, 6) is -0.892. The van der Waals surface area contributed by atoms with Crippen LogP contribution in [0.2, 0.25) is 0 Å². The maximum atomic E-state index is 13.0. The van der Waals surface area contributed by atoms with Crippen LogP contribution in [0, 0.1) is 20.2 Å². The molecule has 0 saturated heterocycles. The van der Waals surface area contributed by atoms with E-state index in [9.17, 15) is 29.8 Å². The minimum absolute atomic E-state index is 0.0632. The number of nitrogens with one attached hydrogen (secondary N) is 2. The molecule has 6 aromatic rings. The van der Waals surface area contributed by atoms with E-state index in [1.54, 1.807) is 54.6 Å². The number of nitro benzene ring substituents is 2. The lowest BCUT2D eigenvalue weighted by molar-refractivity contribution is -0.385. The summed E-state index contributed by atoms with van der Waals surface area (Å²) >= 11 is 0. The Morgan fingerprint density at radius 2 is 1.09 bits per heavy atom. The van der Waals surface area contributed by atoms with Gasteiger partial charge in [-0.2, -0.15) is 0 Å². The molecule has 0 atom stereocenters. The van der Waals surface area contributed by atoms with Gasteiger partial charge in [0, 0.05) is 40.0 Å². The molecular weight excluding hydrogens is 588 g/mol. The average molecular weight is 611 g/mol. The molecule has 2 N–H and O–H groups in total. The molecule has 12 nitrogen and oxygen atoms in total. The predicted octanol–water partition coefficient (Wildman–Crippen LogP) is 7.28. The topological polar surface area (TPSA) is 170 Å². The lowest BCUT2D eigenvalue weighted by atomic mass is 10.0. The van der Waals surface area contributed by atoms with Crippen LogP contribution in [0.3, 0.4) is 0 Å². The summed E-state index contributed by atoms with van der Waals surface area (Å²) in [5.41, 5.74) is 2.66. The van der Waals surface area contributed by atoms with E-state index >= 15 is 0 Å². The van der Waals surface area contributed by atoms with Crippen LogP contribution in [-0.4, -0.2) is 31.6 Å². The SMILES string of the molecule is O=C(Nc1ccc(-c2nc(-c3ccccc3)c3ccc(NC(=O)c4ccccc4[N+](=O)[O-])cc3n2)cc1)c1ccccc1[N+](=O)[O-]. The monoisotopic (exact) mass is 610 g/mol. The molecule has 12 heteroatoms. The van der Waals surface area contributed by atoms with Crippen molar-refractivity contribution in [3.63, 3.8) is 0 Å². The molecule has 0 aliphatic rings. The van der Waals surface area contributed by atoms with Crippen molar-refractivity contribution in [1.82, 2.24) is 9.97 Å². The van der Waals surface area contributed by atoms with Crippen molar-refractivity contribution in [1.29, 1.82) is 0 Å². The Labute approximate surface area is 260 Å². The number of benzene rings is 5. The third-order valence-electron chi connectivity index (χ3n) is 7.09. The maximum absolute atomic E-state index is 13.0. The van der Waals surface area contributed by atoms with Crippen molar-refractivity contribution in [3.05, 3.63) is 153 Å². The van der Waals surface area contributed by atoms with Crippen LogP contribution in [0.5, 0.6) is 0 Å². The minimum Gasteiger partial charge on any atom is -0.322 e. The molecule has 224 valence electrons. The number of aromatic nitrogens is 2. The normalized spacial score (nSPS) is 10.7.